The number of aromatic nitrogens is 1. The van der Waals surface area contributed by atoms with Crippen LogP contribution >= 0.6 is 0 Å². The molecule has 4 atom stereocenters. The van der Waals surface area contributed by atoms with Crippen molar-refractivity contribution in [1.29, 1.82) is 0 Å². The zero-order valence-corrected chi connectivity index (χ0v) is 22.9. The number of hydrogen-bond donors (Lipinski definition) is 3. The maximum atomic E-state index is 13.5. The van der Waals surface area contributed by atoms with Crippen LogP contribution in [-0.2, 0) is 25.7 Å². The van der Waals surface area contributed by atoms with Gasteiger partial charge in [-0.1, -0.05) is 12.5 Å². The van der Waals surface area contributed by atoms with Crippen molar-refractivity contribution in [2.45, 2.75) is 57.7 Å². The molecule has 0 spiro atoms. The number of aliphatic hydroxyl groups excluding tert-OH is 2. The van der Waals surface area contributed by atoms with Crippen molar-refractivity contribution in [2.24, 2.45) is 17.8 Å². The highest BCUT2D eigenvalue weighted by Crippen LogP contribution is 2.50. The van der Waals surface area contributed by atoms with Gasteiger partial charge in [0.15, 0.2) is 0 Å². The molecular formula is C31H36N2O8. The second-order valence-electron chi connectivity index (χ2n) is 10.9. The molecular weight excluding hydrogens is 528 g/mol. The topological polar surface area (TPSA) is 150 Å². The number of likely N-dealkylation sites (tertiary alicyclic amines) is 1. The van der Waals surface area contributed by atoms with E-state index in [-0.39, 0.29) is 50.0 Å². The summed E-state index contributed by atoms with van der Waals surface area (Å²) in [6.45, 7) is 0.226. The second kappa shape index (κ2) is 12.9. The summed E-state index contributed by atoms with van der Waals surface area (Å²) in [6, 6.07) is 9.20. The largest absolute Gasteiger partial charge is 0.481 e. The van der Waals surface area contributed by atoms with Gasteiger partial charge >= 0.3 is 5.97 Å². The predicted molar refractivity (Wildman–Crippen MR) is 148 cm³/mol. The number of hydrogen-bond acceptors (Lipinski definition) is 8. The van der Waals surface area contributed by atoms with E-state index in [4.69, 9.17) is 14.3 Å². The van der Waals surface area contributed by atoms with Gasteiger partial charge in [-0.15, -0.1) is 0 Å². The summed E-state index contributed by atoms with van der Waals surface area (Å²) in [7, 11) is 0. The number of furan rings is 1. The van der Waals surface area contributed by atoms with E-state index in [0.717, 1.165) is 22.4 Å². The molecule has 0 radical (unpaired) electrons. The number of pyridine rings is 1. The molecule has 2 amide bonds. The van der Waals surface area contributed by atoms with Crippen molar-refractivity contribution in [3.05, 3.63) is 64.9 Å². The molecule has 2 aliphatic heterocycles. The lowest BCUT2D eigenvalue weighted by atomic mass is 9.69. The quantitative estimate of drug-likeness (QED) is 0.189. The Labute approximate surface area is 238 Å². The molecule has 0 unspecified atom stereocenters. The van der Waals surface area contributed by atoms with Crippen LogP contribution in [-0.4, -0.2) is 68.8 Å². The van der Waals surface area contributed by atoms with E-state index in [1.165, 1.54) is 4.90 Å². The van der Waals surface area contributed by atoms with Gasteiger partial charge in [-0.2, -0.15) is 0 Å². The van der Waals surface area contributed by atoms with Crippen LogP contribution in [0, 0.1) is 17.8 Å². The molecule has 41 heavy (non-hydrogen) atoms. The second-order valence-corrected chi connectivity index (χ2v) is 10.9. The highest BCUT2D eigenvalue weighted by molar-refractivity contribution is 6.06. The number of rotatable bonds is 13. The first-order chi connectivity index (χ1) is 19.9. The average Bonchev–Trinajstić information content (AvgIpc) is 3.68. The van der Waals surface area contributed by atoms with Crippen LogP contribution in [0.3, 0.4) is 0 Å². The molecule has 2 fully saturated rings. The number of unbranched alkanes of at least 4 members (excludes halogenated alkanes) is 2. The number of allylic oxidation sites excluding steroid dienone is 1. The normalized spacial score (nSPS) is 24.2. The Morgan fingerprint density at radius 2 is 1.88 bits per heavy atom. The summed E-state index contributed by atoms with van der Waals surface area (Å²) in [5, 5.41) is 28.5. The molecule has 5 rings (SSSR count). The van der Waals surface area contributed by atoms with Crippen molar-refractivity contribution >= 4 is 29.4 Å². The van der Waals surface area contributed by atoms with Crippen LogP contribution in [0.5, 0.6) is 0 Å². The van der Waals surface area contributed by atoms with Crippen molar-refractivity contribution in [3.63, 3.8) is 0 Å². The number of aliphatic hydroxyl groups is 2. The minimum atomic E-state index is -0.852. The van der Waals surface area contributed by atoms with E-state index in [9.17, 15) is 24.6 Å². The number of imide groups is 1. The Kier molecular flexibility index (Phi) is 9.12. The number of carbonyl (C=O) groups excluding carboxylic acids is 2. The van der Waals surface area contributed by atoms with Gasteiger partial charge in [0, 0.05) is 25.1 Å². The standard InChI is InChI=1S/C31H36N2O8/c34-16-20-15-23-29(31(39)33(30(23)38)13-5-1-2-7-27(36)37)24-18-40-26(28(20)24)11-8-19(25-6-3-4-12-32-25)14-21-9-10-22(17-35)41-21/h3-4,6,9-10,12,14,23-24,26,29,34-35H,1-2,5,7-8,11,13,15-18H2,(H,36,37)/b19-14-/t23-,24+,26-,29-/m1/s1. The first-order valence-corrected chi connectivity index (χ1v) is 14.2. The Morgan fingerprint density at radius 1 is 1.02 bits per heavy atom. The lowest BCUT2D eigenvalue weighted by molar-refractivity contribution is -0.141. The predicted octanol–water partition coefficient (Wildman–Crippen LogP) is 3.44. The third-order valence-corrected chi connectivity index (χ3v) is 8.39. The fourth-order valence-electron chi connectivity index (χ4n) is 6.47. The smallest absolute Gasteiger partial charge is 0.303 e. The van der Waals surface area contributed by atoms with Crippen LogP contribution in [0.25, 0.3) is 11.6 Å². The van der Waals surface area contributed by atoms with Crippen LogP contribution in [0.15, 0.2) is 52.1 Å². The molecule has 0 aromatic carbocycles. The summed E-state index contributed by atoms with van der Waals surface area (Å²) in [6.07, 6.45) is 6.63. The zero-order valence-electron chi connectivity index (χ0n) is 22.9. The van der Waals surface area contributed by atoms with E-state index >= 15 is 0 Å². The van der Waals surface area contributed by atoms with E-state index in [0.29, 0.717) is 56.7 Å². The van der Waals surface area contributed by atoms with Crippen LogP contribution in [0.2, 0.25) is 0 Å². The Bertz CT molecular complexity index is 1330. The monoisotopic (exact) mass is 564 g/mol. The van der Waals surface area contributed by atoms with E-state index < -0.39 is 17.8 Å². The molecule has 3 aliphatic rings. The summed E-state index contributed by atoms with van der Waals surface area (Å²) in [4.78, 5) is 43.3. The molecule has 2 aromatic heterocycles. The summed E-state index contributed by atoms with van der Waals surface area (Å²) in [5.41, 5.74) is 3.45. The molecule has 0 bridgehead atoms. The Hall–Kier alpha value is -3.60. The maximum Gasteiger partial charge on any atom is 0.303 e. The van der Waals surface area contributed by atoms with Gasteiger partial charge in [0.05, 0.1) is 36.8 Å². The van der Waals surface area contributed by atoms with Gasteiger partial charge < -0.3 is 24.5 Å². The molecule has 2 aromatic rings. The molecule has 0 saturated carbocycles. The minimum absolute atomic E-state index is 0.0729. The number of carboxylic acids is 1. The third-order valence-electron chi connectivity index (χ3n) is 8.39. The number of ether oxygens (including phenoxy) is 1. The fourth-order valence-corrected chi connectivity index (χ4v) is 6.47. The highest BCUT2D eigenvalue weighted by Gasteiger charge is 2.56. The number of carbonyl (C=O) groups is 3. The minimum Gasteiger partial charge on any atom is -0.481 e. The lowest BCUT2D eigenvalue weighted by Gasteiger charge is -2.31. The molecule has 2 saturated heterocycles. The van der Waals surface area contributed by atoms with Gasteiger partial charge in [-0.25, -0.2) is 0 Å². The van der Waals surface area contributed by atoms with Gasteiger partial charge in [0.1, 0.15) is 18.1 Å². The van der Waals surface area contributed by atoms with Crippen molar-refractivity contribution < 1.29 is 38.9 Å². The number of fused-ring (bicyclic) bond motifs is 3. The molecule has 1 aliphatic carbocycles. The first kappa shape index (κ1) is 28.9. The SMILES string of the molecule is O=C(O)CCCCCN1C(=O)[C@@H]2[C@@H](CC(CO)=C3[C@@H](CC/C(=C/c4ccc(CO)o4)c4ccccn4)OC[C@@H]32)C1=O. The number of nitrogens with zero attached hydrogens (tertiary/aromatic N) is 2. The van der Waals surface area contributed by atoms with Crippen LogP contribution in [0.4, 0.5) is 0 Å². The molecule has 4 heterocycles. The molecule has 10 heteroatoms. The third kappa shape index (κ3) is 6.19. The van der Waals surface area contributed by atoms with E-state index in [1.54, 1.807) is 18.3 Å². The molecule has 218 valence electrons. The zero-order chi connectivity index (χ0) is 28.9. The number of aliphatic carboxylic acids is 1. The highest BCUT2D eigenvalue weighted by atomic mass is 16.5. The summed E-state index contributed by atoms with van der Waals surface area (Å²) < 4.78 is 11.9. The van der Waals surface area contributed by atoms with Crippen LogP contribution in [0.1, 0.15) is 62.2 Å². The summed E-state index contributed by atoms with van der Waals surface area (Å²) >= 11 is 0. The molecule has 10 nitrogen and oxygen atoms in total. The molecule has 3 N–H and O–H groups in total. The van der Waals surface area contributed by atoms with Crippen molar-refractivity contribution in [2.75, 3.05) is 19.8 Å². The average molecular weight is 565 g/mol. The Balaban J connectivity index is 1.30. The fraction of sp³-hybridized carbons (Fsp3) is 0.484. The number of amides is 2. The van der Waals surface area contributed by atoms with Gasteiger partial charge in [-0.05, 0) is 79.2 Å². The Morgan fingerprint density at radius 3 is 2.59 bits per heavy atom. The van der Waals surface area contributed by atoms with Gasteiger partial charge in [-0.3, -0.25) is 24.3 Å². The number of carboxylic acid groups (broad SMARTS) is 1. The first-order valence-electron chi connectivity index (χ1n) is 14.2. The van der Waals surface area contributed by atoms with Gasteiger partial charge in [0.2, 0.25) is 11.8 Å². The van der Waals surface area contributed by atoms with Gasteiger partial charge in [0.25, 0.3) is 0 Å². The van der Waals surface area contributed by atoms with Crippen LogP contribution < -0.4 is 0 Å². The summed E-state index contributed by atoms with van der Waals surface area (Å²) in [5.74, 6) is -1.41. The van der Waals surface area contributed by atoms with Crippen molar-refractivity contribution in [1.82, 2.24) is 9.88 Å². The lowest BCUT2D eigenvalue weighted by Crippen LogP contribution is -2.35. The van der Waals surface area contributed by atoms with E-state index in [2.05, 4.69) is 4.98 Å². The van der Waals surface area contributed by atoms with E-state index in [1.807, 2.05) is 24.3 Å². The maximum absolute atomic E-state index is 13.5. The van der Waals surface area contributed by atoms with Crippen molar-refractivity contribution in [3.8, 4) is 0 Å².